The first kappa shape index (κ1) is 15.9. The Morgan fingerprint density at radius 3 is 3.08 bits per heavy atom. The van der Waals surface area contributed by atoms with E-state index in [9.17, 15) is 10.1 Å². The van der Waals surface area contributed by atoms with Gasteiger partial charge in [-0.05, 0) is 30.5 Å². The molecule has 2 aromatic heterocycles. The van der Waals surface area contributed by atoms with E-state index in [0.29, 0.717) is 5.92 Å². The average molecular weight is 350 g/mol. The van der Waals surface area contributed by atoms with Gasteiger partial charge in [0, 0.05) is 36.0 Å². The van der Waals surface area contributed by atoms with Crippen LogP contribution in [0.15, 0.2) is 34.6 Å². The second-order valence-corrected chi connectivity index (χ2v) is 7.25. The molecule has 0 bridgehead atoms. The van der Waals surface area contributed by atoms with Gasteiger partial charge in [-0.1, -0.05) is 13.0 Å². The number of aromatic amines is 1. The Labute approximate surface area is 149 Å². The molecule has 0 radical (unpaired) electrons. The highest BCUT2D eigenvalue weighted by molar-refractivity contribution is 7.09. The van der Waals surface area contributed by atoms with Crippen LogP contribution in [0.1, 0.15) is 35.4 Å². The van der Waals surface area contributed by atoms with Crippen molar-refractivity contribution in [1.82, 2.24) is 9.97 Å². The fourth-order valence-corrected chi connectivity index (χ4v) is 4.34. The minimum Gasteiger partial charge on any atom is -0.369 e. The van der Waals surface area contributed by atoms with Crippen molar-refractivity contribution < 1.29 is 0 Å². The molecule has 1 aliphatic heterocycles. The Balaban J connectivity index is 1.85. The van der Waals surface area contributed by atoms with Crippen LogP contribution < -0.4 is 10.5 Å². The van der Waals surface area contributed by atoms with Crippen molar-refractivity contribution in [2.45, 2.75) is 25.7 Å². The predicted molar refractivity (Wildman–Crippen MR) is 100 cm³/mol. The number of hydrogen-bond acceptors (Lipinski definition) is 5. The van der Waals surface area contributed by atoms with Crippen LogP contribution in [0.5, 0.6) is 0 Å². The zero-order valence-corrected chi connectivity index (χ0v) is 14.8. The highest BCUT2D eigenvalue weighted by Crippen LogP contribution is 2.36. The minimum atomic E-state index is -0.313. The van der Waals surface area contributed by atoms with Crippen LogP contribution in [-0.4, -0.2) is 23.1 Å². The number of nitrogens with one attached hydrogen (secondary N) is 1. The van der Waals surface area contributed by atoms with E-state index in [1.165, 1.54) is 5.56 Å². The number of aryl methyl sites for hydroxylation is 1. The Bertz CT molecular complexity index is 1020. The van der Waals surface area contributed by atoms with Gasteiger partial charge in [-0.3, -0.25) is 4.79 Å². The van der Waals surface area contributed by atoms with Gasteiger partial charge in [-0.2, -0.15) is 5.26 Å². The molecule has 0 aliphatic carbocycles. The summed E-state index contributed by atoms with van der Waals surface area (Å²) in [6, 6.07) is 8.18. The number of nitrogens with zero attached hydrogens (tertiary/aromatic N) is 3. The van der Waals surface area contributed by atoms with Crippen molar-refractivity contribution in [1.29, 1.82) is 5.26 Å². The number of fused-ring (bicyclic) bond motifs is 1. The monoisotopic (exact) mass is 350 g/mol. The molecule has 1 fully saturated rings. The Kier molecular flexibility index (Phi) is 4.02. The van der Waals surface area contributed by atoms with E-state index >= 15 is 0 Å². The summed E-state index contributed by atoms with van der Waals surface area (Å²) in [4.78, 5) is 21.9. The summed E-state index contributed by atoms with van der Waals surface area (Å²) >= 11 is 1.67. The van der Waals surface area contributed by atoms with Gasteiger partial charge in [-0.25, -0.2) is 4.98 Å². The normalized spacial score (nSPS) is 17.1. The molecule has 1 aliphatic rings. The highest BCUT2D eigenvalue weighted by atomic mass is 32.1. The summed E-state index contributed by atoms with van der Waals surface area (Å²) in [5, 5.41) is 13.7. The third-order valence-corrected chi connectivity index (χ3v) is 5.81. The number of hydrogen-bond donors (Lipinski definition) is 1. The van der Waals surface area contributed by atoms with Crippen molar-refractivity contribution in [3.05, 3.63) is 56.3 Å². The molecule has 1 unspecified atom stereocenters. The summed E-state index contributed by atoms with van der Waals surface area (Å²) in [6.07, 6.45) is 3.73. The molecule has 126 valence electrons. The molecule has 0 amide bonds. The van der Waals surface area contributed by atoms with Crippen LogP contribution in [0.2, 0.25) is 0 Å². The number of rotatable bonds is 3. The molecule has 6 heteroatoms. The van der Waals surface area contributed by atoms with Crippen LogP contribution in [-0.2, 0) is 6.42 Å². The summed E-state index contributed by atoms with van der Waals surface area (Å²) < 4.78 is 0. The molecule has 1 saturated heterocycles. The molecule has 3 heterocycles. The van der Waals surface area contributed by atoms with Gasteiger partial charge in [0.2, 0.25) is 0 Å². The van der Waals surface area contributed by atoms with Gasteiger partial charge < -0.3 is 9.88 Å². The molecular formula is C19H18N4OS. The first-order valence-electron chi connectivity index (χ1n) is 8.44. The van der Waals surface area contributed by atoms with Crippen molar-refractivity contribution in [2.24, 2.45) is 0 Å². The van der Waals surface area contributed by atoms with Crippen LogP contribution in [0.3, 0.4) is 0 Å². The number of benzene rings is 1. The minimum absolute atomic E-state index is 0.209. The summed E-state index contributed by atoms with van der Waals surface area (Å²) in [6.45, 7) is 3.72. The summed E-state index contributed by atoms with van der Waals surface area (Å²) in [5.41, 5.74) is 2.65. The molecule has 25 heavy (non-hydrogen) atoms. The maximum absolute atomic E-state index is 12.4. The third kappa shape index (κ3) is 2.71. The lowest BCUT2D eigenvalue weighted by molar-refractivity contribution is 0.766. The second-order valence-electron chi connectivity index (χ2n) is 6.32. The van der Waals surface area contributed by atoms with Gasteiger partial charge in [-0.15, -0.1) is 11.3 Å². The average Bonchev–Trinajstić information content (AvgIpc) is 3.31. The Morgan fingerprint density at radius 2 is 2.36 bits per heavy atom. The highest BCUT2D eigenvalue weighted by Gasteiger charge is 2.29. The van der Waals surface area contributed by atoms with Crippen LogP contribution in [0.25, 0.3) is 10.9 Å². The van der Waals surface area contributed by atoms with Gasteiger partial charge in [0.25, 0.3) is 5.56 Å². The lowest BCUT2D eigenvalue weighted by atomic mass is 10.0. The zero-order chi connectivity index (χ0) is 17.4. The van der Waals surface area contributed by atoms with Crippen LogP contribution in [0, 0.1) is 11.3 Å². The van der Waals surface area contributed by atoms with E-state index < -0.39 is 0 Å². The van der Waals surface area contributed by atoms with Gasteiger partial charge in [0.1, 0.15) is 11.6 Å². The van der Waals surface area contributed by atoms with Crippen molar-refractivity contribution in [3.8, 4) is 6.07 Å². The molecule has 1 N–H and O–H groups in total. The zero-order valence-electron chi connectivity index (χ0n) is 14.0. The smallest absolute Gasteiger partial charge is 0.268 e. The van der Waals surface area contributed by atoms with Crippen molar-refractivity contribution >= 4 is 27.9 Å². The van der Waals surface area contributed by atoms with E-state index in [4.69, 9.17) is 0 Å². The second kappa shape index (κ2) is 6.34. The quantitative estimate of drug-likeness (QED) is 0.786. The van der Waals surface area contributed by atoms with E-state index in [1.54, 1.807) is 11.3 Å². The number of aromatic nitrogens is 2. The SMILES string of the molecule is CCc1ccc2[nH]c(=O)c(C#N)c(N3CCC(c4nccs4)C3)c2c1. The topological polar surface area (TPSA) is 72.8 Å². The van der Waals surface area contributed by atoms with Crippen molar-refractivity contribution in [3.63, 3.8) is 0 Å². The fraction of sp³-hybridized carbons (Fsp3) is 0.316. The first-order valence-corrected chi connectivity index (χ1v) is 9.32. The van der Waals surface area contributed by atoms with Gasteiger partial charge >= 0.3 is 0 Å². The van der Waals surface area contributed by atoms with Gasteiger partial charge in [0.15, 0.2) is 0 Å². The van der Waals surface area contributed by atoms with Gasteiger partial charge in [0.05, 0.1) is 16.2 Å². The molecule has 1 aromatic carbocycles. The van der Waals surface area contributed by atoms with Crippen LogP contribution >= 0.6 is 11.3 Å². The lowest BCUT2D eigenvalue weighted by Crippen LogP contribution is -2.24. The Morgan fingerprint density at radius 1 is 1.48 bits per heavy atom. The van der Waals surface area contributed by atoms with E-state index in [1.807, 2.05) is 23.7 Å². The molecule has 4 rings (SSSR count). The largest absolute Gasteiger partial charge is 0.369 e. The van der Waals surface area contributed by atoms with E-state index in [-0.39, 0.29) is 11.1 Å². The number of thiazole rings is 1. The number of H-pyrrole nitrogens is 1. The Hall–Kier alpha value is -2.65. The van der Waals surface area contributed by atoms with Crippen LogP contribution in [0.4, 0.5) is 5.69 Å². The van der Waals surface area contributed by atoms with E-state index in [0.717, 1.165) is 47.5 Å². The maximum atomic E-state index is 12.4. The number of anilines is 1. The molecule has 0 spiro atoms. The molecular weight excluding hydrogens is 332 g/mol. The standard InChI is InChI=1S/C19H18N4OS/c1-2-12-3-4-16-14(9-12)17(15(10-20)18(24)22-16)23-7-5-13(11-23)19-21-6-8-25-19/h3-4,6,8-9,13H,2,5,7,11H2,1H3,(H,22,24). The summed E-state index contributed by atoms with van der Waals surface area (Å²) in [5.74, 6) is 0.357. The van der Waals surface area contributed by atoms with Crippen molar-refractivity contribution in [2.75, 3.05) is 18.0 Å². The molecule has 1 atom stereocenters. The molecule has 0 saturated carbocycles. The third-order valence-electron chi connectivity index (χ3n) is 4.88. The summed E-state index contributed by atoms with van der Waals surface area (Å²) in [7, 11) is 0. The number of pyridine rings is 1. The first-order chi connectivity index (χ1) is 12.2. The molecule has 5 nitrogen and oxygen atoms in total. The van der Waals surface area contributed by atoms with E-state index in [2.05, 4.69) is 33.9 Å². The molecule has 3 aromatic rings. The maximum Gasteiger partial charge on any atom is 0.268 e. The number of nitriles is 1. The predicted octanol–water partition coefficient (Wildman–Crippen LogP) is 3.41. The lowest BCUT2D eigenvalue weighted by Gasteiger charge is -2.22. The fourth-order valence-electron chi connectivity index (χ4n) is 3.58.